The van der Waals surface area contributed by atoms with Crippen molar-refractivity contribution in [3.05, 3.63) is 23.2 Å². The number of aromatic nitrogens is 1. The summed E-state index contributed by atoms with van der Waals surface area (Å²) in [6.07, 6.45) is 5.18. The van der Waals surface area contributed by atoms with Gasteiger partial charge in [-0.15, -0.1) is 11.3 Å². The number of hydrogen-bond donors (Lipinski definition) is 2. The van der Waals surface area contributed by atoms with Crippen LogP contribution in [0.2, 0.25) is 0 Å². The molecule has 0 aliphatic heterocycles. The first-order valence-corrected chi connectivity index (χ1v) is 7.46. The predicted octanol–water partition coefficient (Wildman–Crippen LogP) is 2.80. The predicted molar refractivity (Wildman–Crippen MR) is 78.3 cm³/mol. The van der Waals surface area contributed by atoms with Gasteiger partial charge < -0.3 is 11.1 Å². The van der Waals surface area contributed by atoms with Crippen LogP contribution >= 0.6 is 11.3 Å². The average Bonchev–Trinajstić information content (AvgIpc) is 3.04. The zero-order chi connectivity index (χ0) is 13.4. The summed E-state index contributed by atoms with van der Waals surface area (Å²) in [6.45, 7) is 2.17. The molecule has 0 spiro atoms. The van der Waals surface area contributed by atoms with E-state index in [9.17, 15) is 4.79 Å². The fourth-order valence-electron chi connectivity index (χ4n) is 2.47. The molecule has 1 saturated carbocycles. The Morgan fingerprint density at radius 2 is 2.47 bits per heavy atom. The number of nitrogens with one attached hydrogen (secondary N) is 1. The van der Waals surface area contributed by atoms with Gasteiger partial charge in [0.25, 0.3) is 5.91 Å². The second-order valence-electron chi connectivity index (χ2n) is 5.07. The second-order valence-corrected chi connectivity index (χ2v) is 6.06. The molecule has 0 bridgehead atoms. The summed E-state index contributed by atoms with van der Waals surface area (Å²) in [4.78, 5) is 17.9. The summed E-state index contributed by atoms with van der Waals surface area (Å²) < 4.78 is 0. The van der Waals surface area contributed by atoms with Crippen molar-refractivity contribution >= 4 is 33.1 Å². The fourth-order valence-corrected chi connectivity index (χ4v) is 3.43. The molecule has 2 aromatic rings. The van der Waals surface area contributed by atoms with Gasteiger partial charge >= 0.3 is 0 Å². The Morgan fingerprint density at radius 3 is 3.21 bits per heavy atom. The van der Waals surface area contributed by atoms with Crippen LogP contribution in [0.15, 0.2) is 18.3 Å². The van der Waals surface area contributed by atoms with Crippen LogP contribution in [-0.4, -0.2) is 16.9 Å². The highest BCUT2D eigenvalue weighted by atomic mass is 32.1. The van der Waals surface area contributed by atoms with E-state index in [1.54, 1.807) is 6.20 Å². The molecule has 2 atom stereocenters. The minimum absolute atomic E-state index is 0.0518. The van der Waals surface area contributed by atoms with Crippen molar-refractivity contribution in [2.75, 3.05) is 5.73 Å². The molecule has 4 nitrogen and oxygen atoms in total. The van der Waals surface area contributed by atoms with Crippen LogP contribution in [0.25, 0.3) is 10.2 Å². The number of carbonyl (C=O) groups is 1. The van der Waals surface area contributed by atoms with Gasteiger partial charge in [0.15, 0.2) is 0 Å². The van der Waals surface area contributed by atoms with Crippen molar-refractivity contribution in [2.45, 2.75) is 32.2 Å². The van der Waals surface area contributed by atoms with Crippen LogP contribution in [0.4, 0.5) is 5.69 Å². The SMILES string of the molecule is CCCC1CC1NC(=O)c1sc2ncccc2c1N. The van der Waals surface area contributed by atoms with E-state index < -0.39 is 0 Å². The molecule has 2 aromatic heterocycles. The summed E-state index contributed by atoms with van der Waals surface area (Å²) in [7, 11) is 0. The molecule has 2 unspecified atom stereocenters. The van der Waals surface area contributed by atoms with Crippen molar-refractivity contribution in [2.24, 2.45) is 5.92 Å². The van der Waals surface area contributed by atoms with Crippen molar-refractivity contribution < 1.29 is 4.79 Å². The number of amides is 1. The first kappa shape index (κ1) is 12.4. The van der Waals surface area contributed by atoms with Crippen LogP contribution < -0.4 is 11.1 Å². The fraction of sp³-hybridized carbons (Fsp3) is 0.429. The highest BCUT2D eigenvalue weighted by Gasteiger charge is 2.37. The van der Waals surface area contributed by atoms with E-state index in [1.165, 1.54) is 24.2 Å². The average molecular weight is 275 g/mol. The number of fused-ring (bicyclic) bond motifs is 1. The van der Waals surface area contributed by atoms with Crippen LogP contribution in [-0.2, 0) is 0 Å². The lowest BCUT2D eigenvalue weighted by Gasteiger charge is -2.03. The minimum Gasteiger partial charge on any atom is -0.397 e. The normalized spacial score (nSPS) is 21.5. The van der Waals surface area contributed by atoms with E-state index in [-0.39, 0.29) is 5.91 Å². The first-order valence-electron chi connectivity index (χ1n) is 6.64. The quantitative estimate of drug-likeness (QED) is 0.901. The Hall–Kier alpha value is -1.62. The van der Waals surface area contributed by atoms with Crippen LogP contribution in [0.1, 0.15) is 35.9 Å². The summed E-state index contributed by atoms with van der Waals surface area (Å²) >= 11 is 1.37. The van der Waals surface area contributed by atoms with Gasteiger partial charge in [-0.1, -0.05) is 13.3 Å². The molecule has 5 heteroatoms. The Labute approximate surface area is 116 Å². The number of thiophene rings is 1. The minimum atomic E-state index is -0.0518. The molecule has 1 aliphatic carbocycles. The summed E-state index contributed by atoms with van der Waals surface area (Å²) in [5.41, 5.74) is 6.59. The molecular weight excluding hydrogens is 258 g/mol. The summed E-state index contributed by atoms with van der Waals surface area (Å²) in [5, 5.41) is 3.94. The third-order valence-electron chi connectivity index (χ3n) is 3.61. The zero-order valence-corrected chi connectivity index (χ0v) is 11.7. The number of rotatable bonds is 4. The lowest BCUT2D eigenvalue weighted by molar-refractivity contribution is 0.0954. The Bertz CT molecular complexity index is 622. The molecular formula is C14H17N3OS. The molecule has 1 amide bonds. The van der Waals surface area contributed by atoms with Gasteiger partial charge in [0, 0.05) is 17.6 Å². The van der Waals surface area contributed by atoms with E-state index in [0.717, 1.165) is 16.6 Å². The number of carbonyl (C=O) groups excluding carboxylic acids is 1. The second kappa shape index (κ2) is 4.81. The number of hydrogen-bond acceptors (Lipinski definition) is 4. The lowest BCUT2D eigenvalue weighted by atomic mass is 10.2. The number of nitrogen functional groups attached to an aromatic ring is 1. The number of nitrogens with zero attached hydrogens (tertiary/aromatic N) is 1. The number of nitrogens with two attached hydrogens (primary N) is 1. The molecule has 3 N–H and O–H groups in total. The maximum atomic E-state index is 12.2. The summed E-state index contributed by atoms with van der Waals surface area (Å²) in [6, 6.07) is 4.08. The van der Waals surface area contributed by atoms with E-state index in [4.69, 9.17) is 5.73 Å². The van der Waals surface area contributed by atoms with Crippen molar-refractivity contribution in [3.8, 4) is 0 Å². The smallest absolute Gasteiger partial charge is 0.263 e. The van der Waals surface area contributed by atoms with Crippen LogP contribution in [0, 0.1) is 5.92 Å². The number of anilines is 1. The van der Waals surface area contributed by atoms with Gasteiger partial charge in [-0.05, 0) is 30.9 Å². The molecule has 3 rings (SSSR count). The molecule has 0 radical (unpaired) electrons. The highest BCUT2D eigenvalue weighted by Crippen LogP contribution is 2.36. The highest BCUT2D eigenvalue weighted by molar-refractivity contribution is 7.21. The third kappa shape index (κ3) is 2.30. The molecule has 100 valence electrons. The maximum Gasteiger partial charge on any atom is 0.263 e. The molecule has 0 saturated heterocycles. The van der Waals surface area contributed by atoms with E-state index in [1.807, 2.05) is 12.1 Å². The standard InChI is InChI=1S/C14H17N3OS/c1-2-4-8-7-10(8)17-13(18)12-11(15)9-5-3-6-16-14(9)19-12/h3,5-6,8,10H,2,4,7,15H2,1H3,(H,17,18). The summed E-state index contributed by atoms with van der Waals surface area (Å²) in [5.74, 6) is 0.604. The van der Waals surface area contributed by atoms with Gasteiger partial charge in [0.05, 0.1) is 5.69 Å². The third-order valence-corrected chi connectivity index (χ3v) is 4.74. The monoisotopic (exact) mass is 275 g/mol. The van der Waals surface area contributed by atoms with Gasteiger partial charge in [0.1, 0.15) is 9.71 Å². The Balaban J connectivity index is 1.77. The van der Waals surface area contributed by atoms with Crippen LogP contribution in [0.3, 0.4) is 0 Å². The van der Waals surface area contributed by atoms with E-state index in [0.29, 0.717) is 22.5 Å². The van der Waals surface area contributed by atoms with Crippen molar-refractivity contribution in [1.29, 1.82) is 0 Å². The van der Waals surface area contributed by atoms with E-state index >= 15 is 0 Å². The van der Waals surface area contributed by atoms with Crippen molar-refractivity contribution in [1.82, 2.24) is 10.3 Å². The van der Waals surface area contributed by atoms with E-state index in [2.05, 4.69) is 17.2 Å². The van der Waals surface area contributed by atoms with Gasteiger partial charge in [-0.2, -0.15) is 0 Å². The van der Waals surface area contributed by atoms with Gasteiger partial charge in [-0.25, -0.2) is 4.98 Å². The maximum absolute atomic E-state index is 12.2. The lowest BCUT2D eigenvalue weighted by Crippen LogP contribution is -2.26. The van der Waals surface area contributed by atoms with Gasteiger partial charge in [0.2, 0.25) is 0 Å². The largest absolute Gasteiger partial charge is 0.397 e. The zero-order valence-electron chi connectivity index (χ0n) is 10.8. The molecule has 2 heterocycles. The molecule has 19 heavy (non-hydrogen) atoms. The van der Waals surface area contributed by atoms with Crippen LogP contribution in [0.5, 0.6) is 0 Å². The molecule has 1 aliphatic rings. The molecule has 1 fully saturated rings. The topological polar surface area (TPSA) is 68.0 Å². The Morgan fingerprint density at radius 1 is 1.63 bits per heavy atom. The molecule has 0 aromatic carbocycles. The number of pyridine rings is 1. The van der Waals surface area contributed by atoms with Gasteiger partial charge in [-0.3, -0.25) is 4.79 Å². The van der Waals surface area contributed by atoms with Crippen molar-refractivity contribution in [3.63, 3.8) is 0 Å². The Kier molecular flexibility index (Phi) is 3.14. The first-order chi connectivity index (χ1) is 9.20.